The van der Waals surface area contributed by atoms with Crippen LogP contribution in [0.2, 0.25) is 0 Å². The number of aliphatic imine (C=N–C) groups is 1. The number of nitrogens with one attached hydrogen (secondary N) is 2. The van der Waals surface area contributed by atoms with Crippen LogP contribution < -0.4 is 15.4 Å². The average molecular weight is 485 g/mol. The van der Waals surface area contributed by atoms with Crippen LogP contribution >= 0.6 is 24.0 Å². The van der Waals surface area contributed by atoms with E-state index in [1.54, 1.807) is 7.05 Å². The highest BCUT2D eigenvalue weighted by molar-refractivity contribution is 14.0. The van der Waals surface area contributed by atoms with Gasteiger partial charge in [-0.05, 0) is 42.2 Å². The zero-order valence-electron chi connectivity index (χ0n) is 15.5. The lowest BCUT2D eigenvalue weighted by Gasteiger charge is -2.21. The fraction of sp³-hybridized carbons (Fsp3) is 0.350. The second-order valence-electron chi connectivity index (χ2n) is 6.19. The molecule has 0 aliphatic carbocycles. The normalized spacial score (nSPS) is 13.2. The topological polar surface area (TPSA) is 54.9 Å². The molecule has 0 saturated carbocycles. The largest absolute Gasteiger partial charge is 0.467 e. The number of hydrogen-bond donors (Lipinski definition) is 2. The van der Waals surface area contributed by atoms with Crippen molar-refractivity contribution in [2.24, 2.45) is 4.99 Å². The van der Waals surface area contributed by atoms with Gasteiger partial charge in [-0.15, -0.1) is 24.0 Å². The number of benzene rings is 2. The molecule has 3 rings (SSSR count). The van der Waals surface area contributed by atoms with Crippen LogP contribution in [0.4, 0.5) is 4.39 Å². The van der Waals surface area contributed by atoms with Gasteiger partial charge >= 0.3 is 0 Å². The van der Waals surface area contributed by atoms with Crippen molar-refractivity contribution < 1.29 is 13.9 Å². The number of guanidine groups is 1. The fourth-order valence-corrected chi connectivity index (χ4v) is 2.97. The third-order valence-corrected chi connectivity index (χ3v) is 4.37. The van der Waals surface area contributed by atoms with Gasteiger partial charge in [-0.3, -0.25) is 4.99 Å². The fourth-order valence-electron chi connectivity index (χ4n) is 2.97. The van der Waals surface area contributed by atoms with Crippen LogP contribution in [0.5, 0.6) is 5.75 Å². The van der Waals surface area contributed by atoms with Gasteiger partial charge in [0.1, 0.15) is 11.6 Å². The molecule has 0 saturated heterocycles. The number of ether oxygens (including phenoxy) is 2. The van der Waals surface area contributed by atoms with Crippen LogP contribution in [0.3, 0.4) is 0 Å². The van der Waals surface area contributed by atoms with E-state index in [0.717, 1.165) is 16.9 Å². The summed E-state index contributed by atoms with van der Waals surface area (Å²) in [4.78, 5) is 4.24. The Bertz CT molecular complexity index is 799. The van der Waals surface area contributed by atoms with Crippen molar-refractivity contribution in [1.82, 2.24) is 10.6 Å². The van der Waals surface area contributed by atoms with Crippen LogP contribution in [0, 0.1) is 12.7 Å². The van der Waals surface area contributed by atoms with Gasteiger partial charge in [-0.2, -0.15) is 0 Å². The van der Waals surface area contributed by atoms with Gasteiger partial charge in [-0.25, -0.2) is 4.39 Å². The summed E-state index contributed by atoms with van der Waals surface area (Å²) < 4.78 is 24.6. The molecule has 5 nitrogen and oxygen atoms in total. The zero-order valence-corrected chi connectivity index (χ0v) is 17.9. The van der Waals surface area contributed by atoms with E-state index in [2.05, 4.69) is 34.7 Å². The average Bonchev–Trinajstić information content (AvgIpc) is 2.65. The molecule has 0 aromatic heterocycles. The maximum atomic E-state index is 13.8. The highest BCUT2D eigenvalue weighted by atomic mass is 127. The molecule has 0 fully saturated rings. The maximum absolute atomic E-state index is 13.8. The van der Waals surface area contributed by atoms with Crippen molar-refractivity contribution in [3.05, 3.63) is 64.5 Å². The third kappa shape index (κ3) is 5.80. The molecule has 2 aromatic rings. The molecule has 0 spiro atoms. The van der Waals surface area contributed by atoms with E-state index in [-0.39, 0.29) is 36.6 Å². The lowest BCUT2D eigenvalue weighted by Crippen LogP contribution is -2.38. The van der Waals surface area contributed by atoms with Crippen molar-refractivity contribution >= 4 is 29.9 Å². The van der Waals surface area contributed by atoms with Gasteiger partial charge in [0, 0.05) is 25.7 Å². The van der Waals surface area contributed by atoms with Gasteiger partial charge in [0.25, 0.3) is 0 Å². The lowest BCUT2D eigenvalue weighted by molar-refractivity contribution is -0.0172. The SMILES string of the molecule is CN=C(NCCc1cc(F)cc2c1OCOC2)NCc1ccccc1C.I. The van der Waals surface area contributed by atoms with Crippen molar-refractivity contribution in [3.63, 3.8) is 0 Å². The highest BCUT2D eigenvalue weighted by Crippen LogP contribution is 2.29. The lowest BCUT2D eigenvalue weighted by atomic mass is 10.1. The Morgan fingerprint density at radius 1 is 1.19 bits per heavy atom. The smallest absolute Gasteiger partial charge is 0.191 e. The summed E-state index contributed by atoms with van der Waals surface area (Å²) in [5, 5.41) is 6.56. The van der Waals surface area contributed by atoms with Crippen LogP contribution in [0.1, 0.15) is 22.3 Å². The van der Waals surface area contributed by atoms with Crippen molar-refractivity contribution in [2.75, 3.05) is 20.4 Å². The zero-order chi connectivity index (χ0) is 18.4. The number of aryl methyl sites for hydroxylation is 1. The second kappa shape index (κ2) is 10.5. The molecule has 2 aromatic carbocycles. The first kappa shape index (κ1) is 21.4. The molecular weight excluding hydrogens is 460 g/mol. The molecule has 1 heterocycles. The summed E-state index contributed by atoms with van der Waals surface area (Å²) >= 11 is 0. The van der Waals surface area contributed by atoms with E-state index in [1.807, 2.05) is 12.1 Å². The van der Waals surface area contributed by atoms with Gasteiger partial charge in [0.2, 0.25) is 0 Å². The molecule has 0 unspecified atom stereocenters. The summed E-state index contributed by atoms with van der Waals surface area (Å²) in [7, 11) is 1.73. The van der Waals surface area contributed by atoms with Gasteiger partial charge in [0.15, 0.2) is 12.8 Å². The summed E-state index contributed by atoms with van der Waals surface area (Å²) in [5.41, 5.74) is 4.06. The monoisotopic (exact) mass is 485 g/mol. The molecule has 1 aliphatic rings. The van der Waals surface area contributed by atoms with Crippen LogP contribution in [-0.4, -0.2) is 26.3 Å². The minimum atomic E-state index is -0.269. The Labute approximate surface area is 176 Å². The molecule has 0 atom stereocenters. The molecule has 2 N–H and O–H groups in total. The third-order valence-electron chi connectivity index (χ3n) is 4.37. The molecule has 7 heteroatoms. The number of fused-ring (bicyclic) bond motifs is 1. The van der Waals surface area contributed by atoms with Gasteiger partial charge in [-0.1, -0.05) is 24.3 Å². The number of halogens is 2. The molecule has 146 valence electrons. The van der Waals surface area contributed by atoms with E-state index in [9.17, 15) is 4.39 Å². The van der Waals surface area contributed by atoms with E-state index in [4.69, 9.17) is 9.47 Å². The molecule has 1 aliphatic heterocycles. The first-order valence-electron chi connectivity index (χ1n) is 8.68. The minimum Gasteiger partial charge on any atom is -0.467 e. The number of nitrogens with zero attached hydrogens (tertiary/aromatic N) is 1. The van der Waals surface area contributed by atoms with E-state index in [1.165, 1.54) is 23.3 Å². The number of hydrogen-bond acceptors (Lipinski definition) is 3. The highest BCUT2D eigenvalue weighted by Gasteiger charge is 2.16. The molecule has 0 bridgehead atoms. The van der Waals surface area contributed by atoms with E-state index in [0.29, 0.717) is 32.1 Å². The summed E-state index contributed by atoms with van der Waals surface area (Å²) in [5.74, 6) is 1.18. The Balaban J connectivity index is 0.00000261. The summed E-state index contributed by atoms with van der Waals surface area (Å²) in [6.07, 6.45) is 0.630. The second-order valence-corrected chi connectivity index (χ2v) is 6.19. The predicted octanol–water partition coefficient (Wildman–Crippen LogP) is 3.53. The molecule has 27 heavy (non-hydrogen) atoms. The quantitative estimate of drug-likeness (QED) is 0.387. The van der Waals surface area contributed by atoms with Gasteiger partial charge < -0.3 is 20.1 Å². The Morgan fingerprint density at radius 2 is 2.00 bits per heavy atom. The van der Waals surface area contributed by atoms with Crippen LogP contribution in [-0.2, 0) is 24.3 Å². The van der Waals surface area contributed by atoms with Crippen LogP contribution in [0.25, 0.3) is 0 Å². The molecular formula is C20H25FIN3O2. The summed E-state index contributed by atoms with van der Waals surface area (Å²) in [6.45, 7) is 3.99. The Kier molecular flexibility index (Phi) is 8.30. The standard InChI is InChI=1S/C20H24FN3O2.HI/c1-14-5-3-4-6-16(14)11-24-20(22-2)23-8-7-15-9-18(21)10-17-12-25-13-26-19(15)17;/h3-6,9-10H,7-8,11-13H2,1-2H3,(H2,22,23,24);1H. The van der Waals surface area contributed by atoms with Crippen LogP contribution in [0.15, 0.2) is 41.4 Å². The van der Waals surface area contributed by atoms with Gasteiger partial charge in [0.05, 0.1) is 6.61 Å². The van der Waals surface area contributed by atoms with Crippen molar-refractivity contribution in [1.29, 1.82) is 0 Å². The predicted molar refractivity (Wildman–Crippen MR) is 115 cm³/mol. The Morgan fingerprint density at radius 3 is 2.78 bits per heavy atom. The maximum Gasteiger partial charge on any atom is 0.191 e. The first-order valence-corrected chi connectivity index (χ1v) is 8.68. The first-order chi connectivity index (χ1) is 12.7. The van der Waals surface area contributed by atoms with E-state index >= 15 is 0 Å². The minimum absolute atomic E-state index is 0. The number of rotatable bonds is 5. The molecule has 0 radical (unpaired) electrons. The van der Waals surface area contributed by atoms with Crippen molar-refractivity contribution in [3.8, 4) is 5.75 Å². The van der Waals surface area contributed by atoms with E-state index < -0.39 is 0 Å². The van der Waals surface area contributed by atoms with Crippen molar-refractivity contribution in [2.45, 2.75) is 26.5 Å². The summed E-state index contributed by atoms with van der Waals surface area (Å²) in [6, 6.07) is 11.2. The Hall–Kier alpha value is -1.87. The molecule has 0 amide bonds.